The summed E-state index contributed by atoms with van der Waals surface area (Å²) in [5.41, 5.74) is 1.93. The Hall–Kier alpha value is -1.44. The second kappa shape index (κ2) is 10.9. The molecule has 0 unspecified atom stereocenters. The zero-order valence-corrected chi connectivity index (χ0v) is 20.2. The van der Waals surface area contributed by atoms with Crippen molar-refractivity contribution in [2.24, 2.45) is 17.8 Å². The van der Waals surface area contributed by atoms with Crippen LogP contribution in [0, 0.1) is 24.7 Å². The second-order valence-corrected chi connectivity index (χ2v) is 11.7. The van der Waals surface area contributed by atoms with E-state index in [1.807, 2.05) is 31.2 Å². The van der Waals surface area contributed by atoms with Gasteiger partial charge in [-0.2, -0.15) is 0 Å². The van der Waals surface area contributed by atoms with Gasteiger partial charge in [0.15, 0.2) is 0 Å². The van der Waals surface area contributed by atoms with Crippen LogP contribution in [0.1, 0.15) is 50.7 Å². The Balaban J connectivity index is 1.36. The average Bonchev–Trinajstić information content (AvgIpc) is 2.72. The van der Waals surface area contributed by atoms with Crippen LogP contribution in [0.3, 0.4) is 0 Å². The van der Waals surface area contributed by atoms with Crippen LogP contribution in [0.2, 0.25) is 0 Å². The number of amides is 1. The molecule has 2 aliphatic heterocycles. The van der Waals surface area contributed by atoms with Crippen molar-refractivity contribution in [3.8, 4) is 0 Å². The molecule has 6 nitrogen and oxygen atoms in total. The van der Waals surface area contributed by atoms with Crippen molar-refractivity contribution >= 4 is 15.9 Å². The number of nitrogens with zero attached hydrogens (tertiary/aromatic N) is 2. The van der Waals surface area contributed by atoms with E-state index in [2.05, 4.69) is 24.1 Å². The van der Waals surface area contributed by atoms with Gasteiger partial charge in [-0.25, -0.2) is 12.7 Å². The molecule has 2 heterocycles. The highest BCUT2D eigenvalue weighted by Crippen LogP contribution is 2.23. The Morgan fingerprint density at radius 1 is 1.06 bits per heavy atom. The fraction of sp³-hybridized carbons (Fsp3) is 0.708. The summed E-state index contributed by atoms with van der Waals surface area (Å²) in [4.78, 5) is 15.1. The van der Waals surface area contributed by atoms with E-state index in [0.717, 1.165) is 49.0 Å². The number of rotatable bonds is 8. The minimum atomic E-state index is -3.34. The van der Waals surface area contributed by atoms with Crippen LogP contribution < -0.4 is 5.32 Å². The van der Waals surface area contributed by atoms with E-state index in [1.54, 1.807) is 4.31 Å². The van der Waals surface area contributed by atoms with Gasteiger partial charge >= 0.3 is 0 Å². The number of sulfonamides is 1. The molecule has 1 aromatic carbocycles. The van der Waals surface area contributed by atoms with E-state index < -0.39 is 10.0 Å². The summed E-state index contributed by atoms with van der Waals surface area (Å²) in [5, 5.41) is 3.08. The van der Waals surface area contributed by atoms with Gasteiger partial charge in [0.25, 0.3) is 0 Å². The smallest absolute Gasteiger partial charge is 0.223 e. The van der Waals surface area contributed by atoms with Gasteiger partial charge in [0.2, 0.25) is 15.9 Å². The molecule has 2 aliphatic rings. The van der Waals surface area contributed by atoms with Crippen LogP contribution in [0.15, 0.2) is 24.3 Å². The number of piperidine rings is 2. The standard InChI is InChI=1S/C24H39N3O3S/c1-19-5-7-22(8-6-19)18-31(29,30)27-13-9-23(10-14-27)24(28)25-11-4-12-26-16-20(2)15-21(3)17-26/h5-8,20-21,23H,4,9-18H2,1-3H3,(H,25,28)/t20-,21-/m1/s1. The minimum absolute atomic E-state index is 0.0257. The molecule has 0 spiro atoms. The van der Waals surface area contributed by atoms with Crippen molar-refractivity contribution in [3.63, 3.8) is 0 Å². The van der Waals surface area contributed by atoms with E-state index in [4.69, 9.17) is 0 Å². The monoisotopic (exact) mass is 449 g/mol. The van der Waals surface area contributed by atoms with Crippen molar-refractivity contribution in [1.29, 1.82) is 0 Å². The number of carbonyl (C=O) groups excluding carboxylic acids is 1. The molecule has 0 aliphatic carbocycles. The summed E-state index contributed by atoms with van der Waals surface area (Å²) < 4.78 is 27.0. The third kappa shape index (κ3) is 7.29. The Kier molecular flexibility index (Phi) is 8.53. The Morgan fingerprint density at radius 2 is 1.68 bits per heavy atom. The van der Waals surface area contributed by atoms with Gasteiger partial charge in [-0.05, 0) is 56.6 Å². The third-order valence-corrected chi connectivity index (χ3v) is 8.43. The summed E-state index contributed by atoms with van der Waals surface area (Å²) in [6.45, 7) is 11.5. The van der Waals surface area contributed by atoms with Gasteiger partial charge < -0.3 is 10.2 Å². The minimum Gasteiger partial charge on any atom is -0.356 e. The summed E-state index contributed by atoms with van der Waals surface area (Å²) in [5.74, 6) is 1.53. The van der Waals surface area contributed by atoms with Crippen LogP contribution in [0.4, 0.5) is 0 Å². The molecule has 1 N–H and O–H groups in total. The summed E-state index contributed by atoms with van der Waals surface area (Å²) in [6, 6.07) is 7.62. The van der Waals surface area contributed by atoms with Gasteiger partial charge in [0.1, 0.15) is 0 Å². The lowest BCUT2D eigenvalue weighted by molar-refractivity contribution is -0.126. The molecule has 1 aromatic rings. The molecule has 2 atom stereocenters. The van der Waals surface area contributed by atoms with E-state index in [0.29, 0.717) is 32.5 Å². The fourth-order valence-corrected chi connectivity index (χ4v) is 6.58. The number of aryl methyl sites for hydroxylation is 1. The van der Waals surface area contributed by atoms with Gasteiger partial charge in [-0.15, -0.1) is 0 Å². The predicted molar refractivity (Wildman–Crippen MR) is 125 cm³/mol. The molecule has 2 fully saturated rings. The van der Waals surface area contributed by atoms with Gasteiger partial charge in [-0.3, -0.25) is 4.79 Å². The normalized spacial score (nSPS) is 24.2. The maximum atomic E-state index is 12.7. The number of nitrogens with one attached hydrogen (secondary N) is 1. The van der Waals surface area contributed by atoms with Crippen LogP contribution in [-0.2, 0) is 20.6 Å². The van der Waals surface area contributed by atoms with Crippen molar-refractivity contribution in [2.45, 2.75) is 52.2 Å². The molecule has 7 heteroatoms. The van der Waals surface area contributed by atoms with Crippen molar-refractivity contribution in [2.75, 3.05) is 39.3 Å². The zero-order valence-electron chi connectivity index (χ0n) is 19.3. The summed E-state index contributed by atoms with van der Waals surface area (Å²) >= 11 is 0. The fourth-order valence-electron chi connectivity index (χ4n) is 5.02. The van der Waals surface area contributed by atoms with Crippen LogP contribution in [0.25, 0.3) is 0 Å². The Morgan fingerprint density at radius 3 is 2.29 bits per heavy atom. The maximum Gasteiger partial charge on any atom is 0.223 e. The van der Waals surface area contributed by atoms with E-state index in [1.165, 1.54) is 6.42 Å². The average molecular weight is 450 g/mol. The number of benzene rings is 1. The van der Waals surface area contributed by atoms with Gasteiger partial charge in [0.05, 0.1) is 5.75 Å². The van der Waals surface area contributed by atoms with Gasteiger partial charge in [0, 0.05) is 38.6 Å². The molecule has 31 heavy (non-hydrogen) atoms. The molecule has 3 rings (SSSR count). The van der Waals surface area contributed by atoms with Crippen LogP contribution >= 0.6 is 0 Å². The van der Waals surface area contributed by atoms with E-state index in [9.17, 15) is 13.2 Å². The molecular formula is C24H39N3O3S. The first-order valence-electron chi connectivity index (χ1n) is 11.8. The van der Waals surface area contributed by atoms with Crippen molar-refractivity contribution in [1.82, 2.24) is 14.5 Å². The predicted octanol–water partition coefficient (Wildman–Crippen LogP) is 3.02. The molecule has 0 bridgehead atoms. The number of hydrogen-bond donors (Lipinski definition) is 1. The van der Waals surface area contributed by atoms with Crippen LogP contribution in [0.5, 0.6) is 0 Å². The highest BCUT2D eigenvalue weighted by Gasteiger charge is 2.31. The quantitative estimate of drug-likeness (QED) is 0.620. The zero-order chi connectivity index (χ0) is 22.4. The number of hydrogen-bond acceptors (Lipinski definition) is 4. The molecular weight excluding hydrogens is 410 g/mol. The Labute approximate surface area is 188 Å². The van der Waals surface area contributed by atoms with E-state index >= 15 is 0 Å². The topological polar surface area (TPSA) is 69.7 Å². The third-order valence-electron chi connectivity index (χ3n) is 6.58. The van der Waals surface area contributed by atoms with Crippen LogP contribution in [-0.4, -0.2) is 62.8 Å². The summed E-state index contributed by atoms with van der Waals surface area (Å²) in [6.07, 6.45) is 3.47. The van der Waals surface area contributed by atoms with Gasteiger partial charge in [-0.1, -0.05) is 43.7 Å². The SMILES string of the molecule is Cc1ccc(CS(=O)(=O)N2CCC(C(=O)NCCCN3C[C@H](C)C[C@@H](C)C3)CC2)cc1. The second-order valence-electron chi connectivity index (χ2n) is 9.77. The molecule has 1 amide bonds. The molecule has 0 radical (unpaired) electrons. The number of likely N-dealkylation sites (tertiary alicyclic amines) is 1. The highest BCUT2D eigenvalue weighted by atomic mass is 32.2. The lowest BCUT2D eigenvalue weighted by atomic mass is 9.92. The highest BCUT2D eigenvalue weighted by molar-refractivity contribution is 7.88. The van der Waals surface area contributed by atoms with Crippen molar-refractivity contribution in [3.05, 3.63) is 35.4 Å². The first-order valence-corrected chi connectivity index (χ1v) is 13.4. The first kappa shape index (κ1) is 24.2. The summed E-state index contributed by atoms with van der Waals surface area (Å²) in [7, 11) is -3.34. The van der Waals surface area contributed by atoms with Crippen molar-refractivity contribution < 1.29 is 13.2 Å². The molecule has 0 aromatic heterocycles. The molecule has 2 saturated heterocycles. The maximum absolute atomic E-state index is 12.7. The first-order chi connectivity index (χ1) is 14.7. The van der Waals surface area contributed by atoms with E-state index in [-0.39, 0.29) is 17.6 Å². The Bertz CT molecular complexity index is 807. The largest absolute Gasteiger partial charge is 0.356 e. The lowest BCUT2D eigenvalue weighted by Crippen LogP contribution is -2.44. The molecule has 174 valence electrons. The molecule has 0 saturated carbocycles. The number of carbonyl (C=O) groups is 1. The lowest BCUT2D eigenvalue weighted by Gasteiger charge is -2.35.